The van der Waals surface area contributed by atoms with Gasteiger partial charge in [-0.1, -0.05) is 67.6 Å². The second-order valence-corrected chi connectivity index (χ2v) is 9.12. The van der Waals surface area contributed by atoms with Crippen molar-refractivity contribution in [2.45, 2.75) is 45.1 Å². The molecule has 8 heteroatoms. The van der Waals surface area contributed by atoms with Gasteiger partial charge < -0.3 is 9.47 Å². The Morgan fingerprint density at radius 2 is 1.53 bits per heavy atom. The molecule has 1 aliphatic rings. The second kappa shape index (κ2) is 9.29. The maximum atomic E-state index is 12.3. The molecule has 3 aromatic rings. The number of hydrogen-bond donors (Lipinski definition) is 1. The van der Waals surface area contributed by atoms with Crippen molar-refractivity contribution in [1.29, 1.82) is 0 Å². The number of methoxy groups -OCH3 is 1. The van der Waals surface area contributed by atoms with Gasteiger partial charge in [-0.05, 0) is 42.4 Å². The van der Waals surface area contributed by atoms with Gasteiger partial charge in [-0.3, -0.25) is 10.1 Å². The Hall–Kier alpha value is -3.68. The lowest BCUT2D eigenvalue weighted by molar-refractivity contribution is -0.143. The van der Waals surface area contributed by atoms with E-state index in [0.717, 1.165) is 35.1 Å². The number of amides is 1. The molecule has 34 heavy (non-hydrogen) atoms. The summed E-state index contributed by atoms with van der Waals surface area (Å²) in [5.74, 6) is 0.517. The van der Waals surface area contributed by atoms with E-state index in [-0.39, 0.29) is 18.0 Å². The Kier molecular flexibility index (Phi) is 6.41. The van der Waals surface area contributed by atoms with Gasteiger partial charge in [-0.25, -0.2) is 9.48 Å². The Morgan fingerprint density at radius 1 is 0.971 bits per heavy atom. The monoisotopic (exact) mass is 462 g/mol. The van der Waals surface area contributed by atoms with E-state index < -0.39 is 11.5 Å². The molecule has 8 nitrogen and oxygen atoms in total. The maximum Gasteiger partial charge on any atom is 0.413 e. The number of aromatic nitrogens is 3. The Balaban J connectivity index is 1.51. The van der Waals surface area contributed by atoms with Crippen LogP contribution >= 0.6 is 0 Å². The van der Waals surface area contributed by atoms with Gasteiger partial charge in [0.1, 0.15) is 11.8 Å². The average molecular weight is 463 g/mol. The molecule has 0 aliphatic heterocycles. The maximum absolute atomic E-state index is 12.3. The SMILES string of the molecule is COC(=O)C1(c2ccc(-c3ccc(-c4nnn(C)c4NC(=O)OC(C)C(C)C)cc3)cc2)CC1. The minimum Gasteiger partial charge on any atom is -0.468 e. The van der Waals surface area contributed by atoms with Crippen LogP contribution in [-0.4, -0.2) is 40.3 Å². The van der Waals surface area contributed by atoms with Gasteiger partial charge in [0.2, 0.25) is 0 Å². The van der Waals surface area contributed by atoms with Crippen LogP contribution in [0.4, 0.5) is 10.6 Å². The molecule has 1 unspecified atom stereocenters. The van der Waals surface area contributed by atoms with Crippen LogP contribution in [0, 0.1) is 5.92 Å². The van der Waals surface area contributed by atoms with Gasteiger partial charge in [0.25, 0.3) is 0 Å². The van der Waals surface area contributed by atoms with E-state index >= 15 is 0 Å². The number of aryl methyl sites for hydroxylation is 1. The van der Waals surface area contributed by atoms with Crippen molar-refractivity contribution in [3.8, 4) is 22.4 Å². The highest BCUT2D eigenvalue weighted by Gasteiger charge is 2.52. The van der Waals surface area contributed by atoms with Gasteiger partial charge in [0, 0.05) is 12.6 Å². The van der Waals surface area contributed by atoms with Crippen molar-refractivity contribution in [3.63, 3.8) is 0 Å². The molecule has 0 bridgehead atoms. The number of anilines is 1. The summed E-state index contributed by atoms with van der Waals surface area (Å²) in [7, 11) is 3.15. The summed E-state index contributed by atoms with van der Waals surface area (Å²) in [5.41, 5.74) is 3.98. The van der Waals surface area contributed by atoms with E-state index in [9.17, 15) is 9.59 Å². The van der Waals surface area contributed by atoms with Crippen LogP contribution in [-0.2, 0) is 26.7 Å². The standard InChI is InChI=1S/C26H30N4O4/c1-16(2)17(3)34-25(32)27-23-22(28-29-30(23)4)20-8-6-18(7-9-20)19-10-12-21(13-11-19)26(14-15-26)24(31)33-5/h6-13,16-17H,14-15H2,1-5H3,(H,27,32). The zero-order chi connectivity index (χ0) is 24.5. The first-order valence-electron chi connectivity index (χ1n) is 11.4. The van der Waals surface area contributed by atoms with Crippen LogP contribution in [0.15, 0.2) is 48.5 Å². The molecule has 1 saturated carbocycles. The minimum absolute atomic E-state index is 0.166. The molecule has 4 rings (SSSR count). The van der Waals surface area contributed by atoms with Gasteiger partial charge >= 0.3 is 12.1 Å². The molecule has 2 aromatic carbocycles. The molecule has 1 aromatic heterocycles. The molecule has 1 atom stereocenters. The molecule has 1 fully saturated rings. The van der Waals surface area contributed by atoms with E-state index in [1.165, 1.54) is 11.8 Å². The number of carbonyl (C=O) groups is 2. The number of carbonyl (C=O) groups excluding carboxylic acids is 2. The molecule has 1 N–H and O–H groups in total. The second-order valence-electron chi connectivity index (χ2n) is 9.12. The first kappa shape index (κ1) is 23.5. The highest BCUT2D eigenvalue weighted by atomic mass is 16.6. The lowest BCUT2D eigenvalue weighted by atomic mass is 9.93. The van der Waals surface area contributed by atoms with Crippen molar-refractivity contribution >= 4 is 17.9 Å². The van der Waals surface area contributed by atoms with Crippen molar-refractivity contribution in [2.24, 2.45) is 13.0 Å². The molecular weight excluding hydrogens is 432 g/mol. The van der Waals surface area contributed by atoms with E-state index in [0.29, 0.717) is 11.5 Å². The largest absolute Gasteiger partial charge is 0.468 e. The fourth-order valence-electron chi connectivity index (χ4n) is 3.86. The molecule has 1 amide bonds. The van der Waals surface area contributed by atoms with Crippen molar-refractivity contribution < 1.29 is 19.1 Å². The van der Waals surface area contributed by atoms with Gasteiger partial charge in [-0.2, -0.15) is 0 Å². The first-order valence-corrected chi connectivity index (χ1v) is 11.4. The smallest absolute Gasteiger partial charge is 0.413 e. The number of nitrogens with zero attached hydrogens (tertiary/aromatic N) is 3. The van der Waals surface area contributed by atoms with Crippen molar-refractivity contribution in [3.05, 3.63) is 54.1 Å². The number of esters is 1. The van der Waals surface area contributed by atoms with E-state index in [1.807, 2.05) is 69.3 Å². The van der Waals surface area contributed by atoms with Gasteiger partial charge in [-0.15, -0.1) is 5.10 Å². The topological polar surface area (TPSA) is 95.3 Å². The summed E-state index contributed by atoms with van der Waals surface area (Å²) in [6.07, 6.45) is 0.904. The van der Waals surface area contributed by atoms with Crippen molar-refractivity contribution in [1.82, 2.24) is 15.0 Å². The molecule has 0 radical (unpaired) electrons. The molecule has 0 saturated heterocycles. The van der Waals surface area contributed by atoms with E-state index in [2.05, 4.69) is 15.6 Å². The lowest BCUT2D eigenvalue weighted by Crippen LogP contribution is -2.25. The predicted octanol–water partition coefficient (Wildman–Crippen LogP) is 4.95. The summed E-state index contributed by atoms with van der Waals surface area (Å²) in [5, 5.41) is 11.1. The molecule has 0 spiro atoms. The Bertz CT molecular complexity index is 1180. The summed E-state index contributed by atoms with van der Waals surface area (Å²) < 4.78 is 11.9. The minimum atomic E-state index is -0.537. The number of benzene rings is 2. The number of hydrogen-bond acceptors (Lipinski definition) is 6. The molecular formula is C26H30N4O4. The van der Waals surface area contributed by atoms with Crippen LogP contribution in [0.3, 0.4) is 0 Å². The van der Waals surface area contributed by atoms with Crippen LogP contribution in [0.5, 0.6) is 0 Å². The Morgan fingerprint density at radius 3 is 2.06 bits per heavy atom. The number of rotatable bonds is 7. The normalized spacial score (nSPS) is 15.0. The van der Waals surface area contributed by atoms with Crippen molar-refractivity contribution in [2.75, 3.05) is 12.4 Å². The quantitative estimate of drug-likeness (QED) is 0.500. The lowest BCUT2D eigenvalue weighted by Gasteiger charge is -2.17. The molecule has 178 valence electrons. The number of nitrogens with one attached hydrogen (secondary N) is 1. The zero-order valence-electron chi connectivity index (χ0n) is 20.2. The number of ether oxygens (including phenoxy) is 2. The Labute approximate surface area is 199 Å². The van der Waals surface area contributed by atoms with Gasteiger partial charge in [0.05, 0.1) is 12.5 Å². The summed E-state index contributed by atoms with van der Waals surface area (Å²) in [4.78, 5) is 24.5. The molecule has 1 aliphatic carbocycles. The van der Waals surface area contributed by atoms with Gasteiger partial charge in [0.15, 0.2) is 5.82 Å². The zero-order valence-corrected chi connectivity index (χ0v) is 20.2. The fraction of sp³-hybridized carbons (Fsp3) is 0.385. The molecule has 1 heterocycles. The third-order valence-corrected chi connectivity index (χ3v) is 6.53. The highest BCUT2D eigenvalue weighted by Crippen LogP contribution is 2.49. The van der Waals surface area contributed by atoms with Crippen LogP contribution in [0.25, 0.3) is 22.4 Å². The summed E-state index contributed by atoms with van der Waals surface area (Å²) in [6.45, 7) is 5.85. The highest BCUT2D eigenvalue weighted by molar-refractivity contribution is 5.89. The average Bonchev–Trinajstić information content (AvgIpc) is 3.58. The van der Waals surface area contributed by atoms with Crippen LogP contribution in [0.2, 0.25) is 0 Å². The predicted molar refractivity (Wildman–Crippen MR) is 129 cm³/mol. The third kappa shape index (κ3) is 4.53. The van der Waals surface area contributed by atoms with E-state index in [1.54, 1.807) is 7.05 Å². The van der Waals surface area contributed by atoms with Crippen LogP contribution < -0.4 is 5.32 Å². The summed E-state index contributed by atoms with van der Waals surface area (Å²) >= 11 is 0. The summed E-state index contributed by atoms with van der Waals surface area (Å²) in [6, 6.07) is 15.9. The third-order valence-electron chi connectivity index (χ3n) is 6.53. The first-order chi connectivity index (χ1) is 16.2. The van der Waals surface area contributed by atoms with Crippen LogP contribution in [0.1, 0.15) is 39.2 Å². The van der Waals surface area contributed by atoms with E-state index in [4.69, 9.17) is 9.47 Å². The fourth-order valence-corrected chi connectivity index (χ4v) is 3.86.